The first-order valence-electron chi connectivity index (χ1n) is 16.5. The lowest BCUT2D eigenvalue weighted by molar-refractivity contribution is -0.123. The number of para-hydroxylation sites is 1. The molecule has 8 rings (SSSR count). The summed E-state index contributed by atoms with van der Waals surface area (Å²) in [5, 5.41) is 3.62. The number of fused-ring (bicyclic) bond motifs is 9. The number of aromatic nitrogens is 1. The van der Waals surface area contributed by atoms with Crippen LogP contribution in [-0.4, -0.2) is 54.2 Å². The molecule has 3 aromatic carbocycles. The zero-order valence-corrected chi connectivity index (χ0v) is 28.8. The maximum absolute atomic E-state index is 14.0. The van der Waals surface area contributed by atoms with Crippen molar-refractivity contribution in [3.63, 3.8) is 0 Å². The summed E-state index contributed by atoms with van der Waals surface area (Å²) in [5.74, 6) is -1.27. The molecule has 11 nitrogen and oxygen atoms in total. The van der Waals surface area contributed by atoms with E-state index in [2.05, 4.69) is 10.3 Å². The summed E-state index contributed by atoms with van der Waals surface area (Å²) in [6.45, 7) is 1.72. The van der Waals surface area contributed by atoms with Crippen LogP contribution in [0.5, 0.6) is 11.5 Å². The Hall–Kier alpha value is -4.88. The van der Waals surface area contributed by atoms with E-state index in [1.165, 1.54) is 23.3 Å². The molecule has 50 heavy (non-hydrogen) atoms. The lowest BCUT2D eigenvalue weighted by Gasteiger charge is -2.43. The first-order valence-corrected chi connectivity index (χ1v) is 18.2. The normalized spacial score (nSPS) is 25.9. The second-order valence-electron chi connectivity index (χ2n) is 12.9. The van der Waals surface area contributed by atoms with Gasteiger partial charge in [-0.25, -0.2) is 4.79 Å². The Balaban J connectivity index is 1.03. The number of anilines is 2. The topological polar surface area (TPSA) is 144 Å². The number of nitrogens with one attached hydrogen (secondary N) is 2. The Morgan fingerprint density at radius 1 is 0.940 bits per heavy atom. The van der Waals surface area contributed by atoms with Gasteiger partial charge in [0.1, 0.15) is 0 Å². The molecule has 0 radical (unpaired) electrons. The lowest BCUT2D eigenvalue weighted by atomic mass is 9.68. The molecule has 2 saturated carbocycles. The summed E-state index contributed by atoms with van der Waals surface area (Å²) < 4.78 is 16.6. The summed E-state index contributed by atoms with van der Waals surface area (Å²) >= 11 is 2.82. The van der Waals surface area contributed by atoms with Crippen LogP contribution in [0.1, 0.15) is 40.1 Å². The number of esters is 1. The van der Waals surface area contributed by atoms with E-state index in [0.29, 0.717) is 28.4 Å². The summed E-state index contributed by atoms with van der Waals surface area (Å²) in [6, 6.07) is 21.1. The van der Waals surface area contributed by atoms with Crippen LogP contribution in [0.3, 0.4) is 0 Å². The molecule has 2 bridgehead atoms. The van der Waals surface area contributed by atoms with Crippen molar-refractivity contribution in [2.45, 2.75) is 29.5 Å². The molecule has 4 aromatic rings. The number of amides is 3. The van der Waals surface area contributed by atoms with Crippen LogP contribution in [0.2, 0.25) is 0 Å². The number of hydrogen-bond donors (Lipinski definition) is 2. The quantitative estimate of drug-likeness (QED) is 0.174. The predicted octanol–water partition coefficient (Wildman–Crippen LogP) is 5.32. The average molecular weight is 712 g/mol. The number of H-pyrrole nitrogens is 1. The number of benzene rings is 3. The van der Waals surface area contributed by atoms with Crippen molar-refractivity contribution in [3.8, 4) is 11.5 Å². The third kappa shape index (κ3) is 5.30. The van der Waals surface area contributed by atoms with Gasteiger partial charge in [-0.3, -0.25) is 24.1 Å². The molecule has 3 amide bonds. The lowest BCUT2D eigenvalue weighted by Crippen LogP contribution is -2.42. The van der Waals surface area contributed by atoms with Gasteiger partial charge in [-0.15, -0.1) is 11.8 Å². The second-order valence-corrected chi connectivity index (χ2v) is 15.1. The molecule has 13 heteroatoms. The zero-order valence-electron chi connectivity index (χ0n) is 27.1. The minimum Gasteiger partial charge on any atom is -0.493 e. The second kappa shape index (κ2) is 12.8. The van der Waals surface area contributed by atoms with Gasteiger partial charge in [-0.1, -0.05) is 35.6 Å². The average Bonchev–Trinajstić information content (AvgIpc) is 3.86. The van der Waals surface area contributed by atoms with Crippen molar-refractivity contribution in [2.75, 3.05) is 30.5 Å². The minimum absolute atomic E-state index is 0.00796. The van der Waals surface area contributed by atoms with Crippen molar-refractivity contribution >= 4 is 58.2 Å². The van der Waals surface area contributed by atoms with E-state index in [-0.39, 0.29) is 64.7 Å². The highest BCUT2D eigenvalue weighted by Gasteiger charge is 2.69. The van der Waals surface area contributed by atoms with Crippen molar-refractivity contribution in [2.24, 2.45) is 29.6 Å². The molecule has 0 spiro atoms. The van der Waals surface area contributed by atoms with Gasteiger partial charge >= 0.3 is 10.8 Å². The van der Waals surface area contributed by atoms with Gasteiger partial charge in [0, 0.05) is 21.7 Å². The smallest absolute Gasteiger partial charge is 0.338 e. The van der Waals surface area contributed by atoms with Crippen molar-refractivity contribution < 1.29 is 33.4 Å². The molecule has 3 fully saturated rings. The van der Waals surface area contributed by atoms with E-state index < -0.39 is 17.8 Å². The van der Waals surface area contributed by atoms with E-state index in [4.69, 9.17) is 14.2 Å². The largest absolute Gasteiger partial charge is 0.493 e. The van der Waals surface area contributed by atoms with Crippen LogP contribution >= 0.6 is 23.1 Å². The number of imide groups is 1. The van der Waals surface area contributed by atoms with Gasteiger partial charge in [-0.05, 0) is 85.2 Å². The van der Waals surface area contributed by atoms with Crippen molar-refractivity contribution in [3.05, 3.63) is 98.5 Å². The van der Waals surface area contributed by atoms with E-state index in [0.717, 1.165) is 21.9 Å². The first-order chi connectivity index (χ1) is 24.3. The molecular formula is C37H33N3O8S2. The third-order valence-electron chi connectivity index (χ3n) is 10.3. The van der Waals surface area contributed by atoms with Gasteiger partial charge in [0.05, 0.1) is 41.8 Å². The number of rotatable bonds is 9. The highest BCUT2D eigenvalue weighted by Crippen LogP contribution is 2.68. The fraction of sp³-hybridized carbons (Fsp3) is 0.324. The first kappa shape index (κ1) is 32.3. The Morgan fingerprint density at radius 2 is 1.68 bits per heavy atom. The number of nitrogens with zero attached hydrogens (tertiary/aromatic N) is 1. The standard InChI is InChI=1S/C37H33N3O8S2/c1-3-47-36(44)18-9-12-20(13-10-18)38-26(41)17-48-24-14-11-19(15-25(24)46-2)27-28-22-16-23(31(28)49-33-32(27)50-37(45)39-33)30-29(22)34(42)40(35(30)43)21-7-5-4-6-8-21/h4-15,22-23,27-31H,3,16-17H2,1-2H3,(H,38,41)(H,39,45)/t22?,23?,27-,28?,29?,30?,31?/m1/s1. The highest BCUT2D eigenvalue weighted by atomic mass is 32.2. The Kier molecular flexibility index (Phi) is 8.26. The number of hydrogen-bond acceptors (Lipinski definition) is 10. The van der Waals surface area contributed by atoms with Crippen molar-refractivity contribution in [1.82, 2.24) is 4.98 Å². The van der Waals surface area contributed by atoms with E-state index >= 15 is 0 Å². The number of ether oxygens (including phenoxy) is 3. The Labute approximate surface area is 295 Å². The van der Waals surface area contributed by atoms with Crippen LogP contribution in [0, 0.1) is 29.6 Å². The van der Waals surface area contributed by atoms with Gasteiger partial charge in [0.2, 0.25) is 11.8 Å². The molecule has 4 aliphatic rings. The van der Waals surface area contributed by atoms with Gasteiger partial charge in [-0.2, -0.15) is 0 Å². The zero-order chi connectivity index (χ0) is 34.7. The van der Waals surface area contributed by atoms with E-state index in [9.17, 15) is 24.0 Å². The third-order valence-corrected chi connectivity index (χ3v) is 12.9. The van der Waals surface area contributed by atoms with Gasteiger partial charge in [0.15, 0.2) is 18.1 Å². The summed E-state index contributed by atoms with van der Waals surface area (Å²) in [6.07, 6.45) is 0.784. The molecule has 2 aliphatic carbocycles. The van der Waals surface area contributed by atoms with Crippen LogP contribution < -0.4 is 24.6 Å². The summed E-state index contributed by atoms with van der Waals surface area (Å²) in [5.41, 5.74) is 2.40. The Bertz CT molecular complexity index is 2060. The number of carbonyl (C=O) groups excluding carboxylic acids is 4. The molecule has 256 valence electrons. The van der Waals surface area contributed by atoms with Crippen LogP contribution in [0.15, 0.2) is 82.6 Å². The molecule has 1 aromatic heterocycles. The molecule has 2 N–H and O–H groups in total. The molecule has 1 saturated heterocycles. The number of methoxy groups -OCH3 is 1. The summed E-state index contributed by atoms with van der Waals surface area (Å²) in [7, 11) is 1.53. The highest BCUT2D eigenvalue weighted by molar-refractivity contribution is 8.00. The number of carbonyl (C=O) groups is 4. The van der Waals surface area contributed by atoms with Gasteiger partial charge in [0.25, 0.3) is 5.91 Å². The van der Waals surface area contributed by atoms with Crippen LogP contribution in [0.4, 0.5) is 11.4 Å². The van der Waals surface area contributed by atoms with Crippen LogP contribution in [0.25, 0.3) is 0 Å². The van der Waals surface area contributed by atoms with E-state index in [1.807, 2.05) is 30.3 Å². The fourth-order valence-electron chi connectivity index (χ4n) is 8.46. The number of aromatic amines is 1. The molecular weight excluding hydrogens is 679 g/mol. The number of thiazole rings is 1. The summed E-state index contributed by atoms with van der Waals surface area (Å²) in [4.78, 5) is 70.3. The minimum atomic E-state index is -0.435. The Morgan fingerprint density at radius 3 is 2.40 bits per heavy atom. The number of thioether (sulfide) groups is 1. The molecule has 7 atom stereocenters. The molecule has 3 heterocycles. The van der Waals surface area contributed by atoms with E-state index in [1.54, 1.807) is 61.2 Å². The monoisotopic (exact) mass is 711 g/mol. The van der Waals surface area contributed by atoms with Crippen LogP contribution in [-0.2, 0) is 19.1 Å². The van der Waals surface area contributed by atoms with Gasteiger partial charge < -0.3 is 24.5 Å². The van der Waals surface area contributed by atoms with Crippen molar-refractivity contribution in [1.29, 1.82) is 0 Å². The molecule has 2 aliphatic heterocycles. The maximum atomic E-state index is 14.0. The predicted molar refractivity (Wildman–Crippen MR) is 187 cm³/mol. The SMILES string of the molecule is CCOC(=O)c1ccc(NC(=O)COc2ccc([C@H]3c4sc(=O)[nH]c4SC4C5CC(C6C(=O)N(c7ccccc7)C(=O)C56)C43)cc2OC)cc1. The fourth-order valence-corrected chi connectivity index (χ4v) is 11.4. The maximum Gasteiger partial charge on any atom is 0.338 e. The molecule has 6 unspecified atom stereocenters.